The van der Waals surface area contributed by atoms with Crippen LogP contribution in [0.15, 0.2) is 0 Å². The Kier molecular flexibility index (Phi) is 8.47. The number of carbonyl (C=O) groups excluding carboxylic acids is 1. The van der Waals surface area contributed by atoms with Crippen molar-refractivity contribution in [2.24, 2.45) is 0 Å². The van der Waals surface area contributed by atoms with Crippen LogP contribution < -0.4 is 0 Å². The van der Waals surface area contributed by atoms with Gasteiger partial charge in [-0.15, -0.1) is 0 Å². The van der Waals surface area contributed by atoms with Crippen molar-refractivity contribution in [2.45, 2.75) is 55.4 Å². The number of aliphatic hydroxyl groups is 6. The maximum Gasteiger partial charge on any atom is 0.187 e. The monoisotopic (exact) mass is 340 g/mol. The molecule has 0 aromatic rings. The standard InChI is InChI=1S/C13H24O10/c1-21-12-8(5-16)22-13(10(20)9(12)19)23-11(7(18)4-15)6(17)2-3-14/h3,6-13,15-20H,2,4-5H2,1H3. The molecule has 8 unspecified atom stereocenters. The van der Waals surface area contributed by atoms with Gasteiger partial charge in [0.05, 0.1) is 19.3 Å². The Balaban J connectivity index is 2.87. The zero-order valence-electron chi connectivity index (χ0n) is 12.6. The maximum absolute atomic E-state index is 10.5. The van der Waals surface area contributed by atoms with Crippen LogP contribution in [0.25, 0.3) is 0 Å². The molecule has 8 atom stereocenters. The van der Waals surface area contributed by atoms with E-state index >= 15 is 0 Å². The average Bonchev–Trinajstić information content (AvgIpc) is 2.55. The van der Waals surface area contributed by atoms with Crippen LogP contribution in [0.1, 0.15) is 6.42 Å². The summed E-state index contributed by atoms with van der Waals surface area (Å²) in [6.07, 6.45) is -11.0. The van der Waals surface area contributed by atoms with Gasteiger partial charge in [0.1, 0.15) is 42.9 Å². The molecular formula is C13H24O10. The van der Waals surface area contributed by atoms with E-state index in [9.17, 15) is 30.3 Å². The fraction of sp³-hybridized carbons (Fsp3) is 0.923. The maximum atomic E-state index is 10.5. The molecular weight excluding hydrogens is 316 g/mol. The molecule has 0 aromatic carbocycles. The summed E-state index contributed by atoms with van der Waals surface area (Å²) < 4.78 is 15.5. The quantitative estimate of drug-likeness (QED) is 0.229. The predicted molar refractivity (Wildman–Crippen MR) is 73.2 cm³/mol. The molecule has 0 spiro atoms. The van der Waals surface area contributed by atoms with Crippen LogP contribution >= 0.6 is 0 Å². The second-order valence-corrected chi connectivity index (χ2v) is 5.23. The van der Waals surface area contributed by atoms with Gasteiger partial charge in [-0.1, -0.05) is 0 Å². The number of ether oxygens (including phenoxy) is 3. The summed E-state index contributed by atoms with van der Waals surface area (Å²) in [5, 5.41) is 57.8. The van der Waals surface area contributed by atoms with E-state index < -0.39 is 62.2 Å². The van der Waals surface area contributed by atoms with E-state index in [4.69, 9.17) is 19.3 Å². The first kappa shape index (κ1) is 20.4. The molecule has 0 aliphatic carbocycles. The largest absolute Gasteiger partial charge is 0.394 e. The van der Waals surface area contributed by atoms with Gasteiger partial charge in [0.2, 0.25) is 0 Å². The smallest absolute Gasteiger partial charge is 0.187 e. The molecule has 10 nitrogen and oxygen atoms in total. The fourth-order valence-corrected chi connectivity index (χ4v) is 2.39. The van der Waals surface area contributed by atoms with Crippen LogP contribution in [0.2, 0.25) is 0 Å². The van der Waals surface area contributed by atoms with Gasteiger partial charge in [0, 0.05) is 13.5 Å². The third-order valence-electron chi connectivity index (χ3n) is 3.67. The highest BCUT2D eigenvalue weighted by Gasteiger charge is 2.47. The van der Waals surface area contributed by atoms with Crippen LogP contribution in [-0.2, 0) is 19.0 Å². The summed E-state index contributed by atoms with van der Waals surface area (Å²) in [6.45, 7) is -1.30. The van der Waals surface area contributed by atoms with Crippen LogP contribution in [0.5, 0.6) is 0 Å². The van der Waals surface area contributed by atoms with Crippen molar-refractivity contribution < 1.29 is 49.6 Å². The van der Waals surface area contributed by atoms with Gasteiger partial charge in [-0.2, -0.15) is 0 Å². The molecule has 1 aliphatic rings. The van der Waals surface area contributed by atoms with E-state index in [0.717, 1.165) is 0 Å². The summed E-state index contributed by atoms with van der Waals surface area (Å²) >= 11 is 0. The summed E-state index contributed by atoms with van der Waals surface area (Å²) in [6, 6.07) is 0. The van der Waals surface area contributed by atoms with Crippen molar-refractivity contribution in [1.29, 1.82) is 0 Å². The number of aliphatic hydroxyl groups excluding tert-OH is 6. The van der Waals surface area contributed by atoms with Gasteiger partial charge in [0.15, 0.2) is 6.29 Å². The molecule has 0 aromatic heterocycles. The van der Waals surface area contributed by atoms with Gasteiger partial charge in [0.25, 0.3) is 0 Å². The van der Waals surface area contributed by atoms with Crippen molar-refractivity contribution in [3.05, 3.63) is 0 Å². The van der Waals surface area contributed by atoms with E-state index in [1.54, 1.807) is 0 Å². The summed E-state index contributed by atoms with van der Waals surface area (Å²) in [7, 11) is 1.26. The first-order valence-electron chi connectivity index (χ1n) is 7.12. The molecule has 136 valence electrons. The number of carbonyl (C=O) groups is 1. The Morgan fingerprint density at radius 1 is 1.17 bits per heavy atom. The molecule has 0 radical (unpaired) electrons. The lowest BCUT2D eigenvalue weighted by molar-refractivity contribution is -0.326. The van der Waals surface area contributed by atoms with Crippen LogP contribution in [-0.4, -0.2) is 106 Å². The molecule has 0 bridgehead atoms. The van der Waals surface area contributed by atoms with E-state index in [2.05, 4.69) is 0 Å². The molecule has 10 heteroatoms. The van der Waals surface area contributed by atoms with Crippen LogP contribution in [0, 0.1) is 0 Å². The number of hydrogen-bond acceptors (Lipinski definition) is 10. The van der Waals surface area contributed by atoms with E-state index in [1.807, 2.05) is 0 Å². The summed E-state index contributed by atoms with van der Waals surface area (Å²) in [5.41, 5.74) is 0. The Labute approximate surface area is 132 Å². The molecule has 1 aliphatic heterocycles. The van der Waals surface area contributed by atoms with E-state index in [-0.39, 0.29) is 6.42 Å². The number of hydrogen-bond donors (Lipinski definition) is 6. The molecule has 6 N–H and O–H groups in total. The first-order valence-corrected chi connectivity index (χ1v) is 7.12. The Morgan fingerprint density at radius 2 is 1.83 bits per heavy atom. The highest BCUT2D eigenvalue weighted by Crippen LogP contribution is 2.26. The molecule has 1 fully saturated rings. The molecule has 0 amide bonds. The molecule has 1 saturated heterocycles. The lowest BCUT2D eigenvalue weighted by Crippen LogP contribution is -2.61. The second kappa shape index (κ2) is 9.57. The summed E-state index contributed by atoms with van der Waals surface area (Å²) in [4.78, 5) is 10.5. The van der Waals surface area contributed by atoms with Crippen molar-refractivity contribution in [3.63, 3.8) is 0 Å². The lowest BCUT2D eigenvalue weighted by Gasteiger charge is -2.43. The lowest BCUT2D eigenvalue weighted by atomic mass is 9.98. The van der Waals surface area contributed by atoms with Gasteiger partial charge in [-0.3, -0.25) is 0 Å². The van der Waals surface area contributed by atoms with Crippen molar-refractivity contribution in [2.75, 3.05) is 20.3 Å². The second-order valence-electron chi connectivity index (χ2n) is 5.23. The van der Waals surface area contributed by atoms with E-state index in [1.165, 1.54) is 7.11 Å². The first-order chi connectivity index (χ1) is 10.9. The third kappa shape index (κ3) is 4.89. The number of rotatable bonds is 9. The van der Waals surface area contributed by atoms with Gasteiger partial charge < -0.3 is 49.6 Å². The van der Waals surface area contributed by atoms with Crippen molar-refractivity contribution in [1.82, 2.24) is 0 Å². The zero-order valence-corrected chi connectivity index (χ0v) is 12.6. The summed E-state index contributed by atoms with van der Waals surface area (Å²) in [5.74, 6) is 0. The average molecular weight is 340 g/mol. The Bertz CT molecular complexity index is 352. The van der Waals surface area contributed by atoms with Crippen LogP contribution in [0.3, 0.4) is 0 Å². The Hall–Kier alpha value is -0.690. The Morgan fingerprint density at radius 3 is 2.30 bits per heavy atom. The molecule has 0 saturated carbocycles. The topological polar surface area (TPSA) is 166 Å². The van der Waals surface area contributed by atoms with E-state index in [0.29, 0.717) is 6.29 Å². The normalized spacial score (nSPS) is 35.5. The zero-order chi connectivity index (χ0) is 17.6. The van der Waals surface area contributed by atoms with Gasteiger partial charge >= 0.3 is 0 Å². The number of aldehydes is 1. The SMILES string of the molecule is COC1C(CO)OC(OC(C(O)CO)C(O)CC=O)C(O)C1O. The van der Waals surface area contributed by atoms with Gasteiger partial charge in [-0.05, 0) is 0 Å². The minimum Gasteiger partial charge on any atom is -0.394 e. The molecule has 1 rings (SSSR count). The predicted octanol–water partition coefficient (Wildman–Crippen LogP) is -3.87. The highest BCUT2D eigenvalue weighted by molar-refractivity contribution is 5.50. The van der Waals surface area contributed by atoms with Crippen molar-refractivity contribution >= 4 is 6.29 Å². The van der Waals surface area contributed by atoms with Crippen molar-refractivity contribution in [3.8, 4) is 0 Å². The van der Waals surface area contributed by atoms with Gasteiger partial charge in [-0.25, -0.2) is 0 Å². The highest BCUT2D eigenvalue weighted by atomic mass is 16.7. The fourth-order valence-electron chi connectivity index (χ4n) is 2.39. The molecule has 1 heterocycles. The third-order valence-corrected chi connectivity index (χ3v) is 3.67. The van der Waals surface area contributed by atoms with Crippen LogP contribution in [0.4, 0.5) is 0 Å². The minimum atomic E-state index is -1.60. The minimum absolute atomic E-state index is 0.378. The number of methoxy groups -OCH3 is 1. The molecule has 23 heavy (non-hydrogen) atoms.